The summed E-state index contributed by atoms with van der Waals surface area (Å²) < 4.78 is 44.1. The van der Waals surface area contributed by atoms with Gasteiger partial charge in [-0.3, -0.25) is 0 Å². The van der Waals surface area contributed by atoms with Crippen molar-refractivity contribution in [1.82, 2.24) is 9.97 Å². The maximum absolute atomic E-state index is 12.8. The third-order valence-corrected chi connectivity index (χ3v) is 3.78. The summed E-state index contributed by atoms with van der Waals surface area (Å²) in [5.41, 5.74) is 7.39. The zero-order valence-corrected chi connectivity index (χ0v) is 15.4. The number of hydrogen-bond donors (Lipinski definition) is 1. The maximum atomic E-state index is 12.8. The lowest BCUT2D eigenvalue weighted by atomic mass is 9.93. The number of aryl methyl sites for hydroxylation is 1. The fourth-order valence-corrected chi connectivity index (χ4v) is 2.82. The molecule has 2 rings (SSSR count). The summed E-state index contributed by atoms with van der Waals surface area (Å²) in [4.78, 5) is 6.89. The summed E-state index contributed by atoms with van der Waals surface area (Å²) in [6.45, 7) is 8.38. The van der Waals surface area contributed by atoms with Gasteiger partial charge in [-0.25, -0.2) is 9.97 Å². The molecule has 2 aromatic rings. The summed E-state index contributed by atoms with van der Waals surface area (Å²) in [5, 5.41) is 0. The Morgan fingerprint density at radius 1 is 1.19 bits per heavy atom. The predicted molar refractivity (Wildman–Crippen MR) is 94.7 cm³/mol. The minimum atomic E-state index is -4.57. The van der Waals surface area contributed by atoms with E-state index in [0.29, 0.717) is 17.9 Å². The summed E-state index contributed by atoms with van der Waals surface area (Å²) in [6.07, 6.45) is -2.63. The van der Waals surface area contributed by atoms with Gasteiger partial charge in [-0.1, -0.05) is 6.92 Å². The fourth-order valence-electron chi connectivity index (χ4n) is 2.82. The van der Waals surface area contributed by atoms with E-state index >= 15 is 0 Å². The van der Waals surface area contributed by atoms with Crippen LogP contribution in [0.4, 0.5) is 13.2 Å². The molecule has 0 aliphatic carbocycles. The van der Waals surface area contributed by atoms with E-state index in [1.54, 1.807) is 18.2 Å². The van der Waals surface area contributed by atoms with Crippen molar-refractivity contribution in [2.75, 3.05) is 6.61 Å². The molecule has 0 bridgehead atoms. The first-order chi connectivity index (χ1) is 12.0. The molecule has 0 aliphatic heterocycles. The number of nitrogens with zero attached hydrogens (tertiary/aromatic N) is 2. The molecule has 0 radical (unpaired) electrons. The van der Waals surface area contributed by atoms with Crippen LogP contribution in [0.15, 0.2) is 30.5 Å². The monoisotopic (exact) mass is 367 g/mol. The Balaban J connectivity index is 2.12. The number of alkyl halides is 3. The average Bonchev–Trinajstić information content (AvgIpc) is 2.51. The molecule has 0 unspecified atom stereocenters. The molecule has 0 spiro atoms. The van der Waals surface area contributed by atoms with Gasteiger partial charge in [0, 0.05) is 17.3 Å². The van der Waals surface area contributed by atoms with E-state index in [2.05, 4.69) is 16.9 Å². The molecule has 0 saturated heterocycles. The molecular weight excluding hydrogens is 343 g/mol. The number of hydrogen-bond acceptors (Lipinski definition) is 4. The van der Waals surface area contributed by atoms with Crippen LogP contribution in [0.3, 0.4) is 0 Å². The van der Waals surface area contributed by atoms with Crippen molar-refractivity contribution >= 4 is 0 Å². The second-order valence-corrected chi connectivity index (χ2v) is 7.35. The second-order valence-electron chi connectivity index (χ2n) is 7.35. The number of rotatable bonds is 6. The second kappa shape index (κ2) is 7.61. The van der Waals surface area contributed by atoms with Crippen LogP contribution in [-0.4, -0.2) is 22.1 Å². The molecule has 0 fully saturated rings. The average molecular weight is 367 g/mol. The van der Waals surface area contributed by atoms with Crippen molar-refractivity contribution in [3.05, 3.63) is 41.9 Å². The van der Waals surface area contributed by atoms with Crippen molar-refractivity contribution in [1.29, 1.82) is 0 Å². The molecular formula is C19H24F3N3O. The quantitative estimate of drug-likeness (QED) is 0.810. The number of aromatic nitrogens is 2. The van der Waals surface area contributed by atoms with E-state index < -0.39 is 12.0 Å². The summed E-state index contributed by atoms with van der Waals surface area (Å²) in [7, 11) is 0. The zero-order valence-electron chi connectivity index (χ0n) is 15.4. The molecule has 4 nitrogen and oxygen atoms in total. The highest BCUT2D eigenvalue weighted by atomic mass is 19.4. The molecule has 26 heavy (non-hydrogen) atoms. The molecule has 2 N–H and O–H groups in total. The van der Waals surface area contributed by atoms with Crippen molar-refractivity contribution in [2.45, 2.75) is 45.8 Å². The van der Waals surface area contributed by atoms with E-state index in [9.17, 15) is 13.2 Å². The molecule has 1 heterocycles. The van der Waals surface area contributed by atoms with E-state index in [1.165, 1.54) is 6.07 Å². The molecule has 142 valence electrons. The number of benzene rings is 1. The lowest BCUT2D eigenvalue weighted by molar-refractivity contribution is -0.144. The van der Waals surface area contributed by atoms with Gasteiger partial charge in [0.2, 0.25) is 5.82 Å². The van der Waals surface area contributed by atoms with Crippen LogP contribution in [0.2, 0.25) is 0 Å². The highest BCUT2D eigenvalue weighted by Gasteiger charge is 2.34. The van der Waals surface area contributed by atoms with Crippen LogP contribution in [0, 0.1) is 12.8 Å². The van der Waals surface area contributed by atoms with Crippen molar-refractivity contribution in [3.63, 3.8) is 0 Å². The summed E-state index contributed by atoms with van der Waals surface area (Å²) in [6, 6.07) is 6.66. The van der Waals surface area contributed by atoms with E-state index in [0.717, 1.165) is 18.2 Å². The van der Waals surface area contributed by atoms with Gasteiger partial charge < -0.3 is 10.5 Å². The first kappa shape index (κ1) is 20.2. The number of nitrogens with two attached hydrogens (primary N) is 1. The Hall–Kier alpha value is -2.15. The third kappa shape index (κ3) is 5.69. The van der Waals surface area contributed by atoms with Gasteiger partial charge in [-0.05, 0) is 62.9 Å². The largest absolute Gasteiger partial charge is 0.493 e. The van der Waals surface area contributed by atoms with Gasteiger partial charge in [0.1, 0.15) is 5.75 Å². The van der Waals surface area contributed by atoms with Gasteiger partial charge in [-0.15, -0.1) is 0 Å². The molecule has 0 saturated carbocycles. The molecule has 1 atom stereocenters. The van der Waals surface area contributed by atoms with Crippen molar-refractivity contribution in [2.24, 2.45) is 11.7 Å². The van der Waals surface area contributed by atoms with Crippen LogP contribution in [0.1, 0.15) is 38.6 Å². The Labute approximate surface area is 151 Å². The Kier molecular flexibility index (Phi) is 5.91. The molecule has 7 heteroatoms. The normalized spacial score (nSPS) is 13.5. The fraction of sp³-hybridized carbons (Fsp3) is 0.474. The van der Waals surface area contributed by atoms with Crippen LogP contribution < -0.4 is 10.5 Å². The van der Waals surface area contributed by atoms with E-state index in [4.69, 9.17) is 10.5 Å². The van der Waals surface area contributed by atoms with Crippen LogP contribution in [0.5, 0.6) is 5.75 Å². The molecule has 1 aromatic carbocycles. The molecule has 1 aromatic heterocycles. The van der Waals surface area contributed by atoms with Gasteiger partial charge in [0.05, 0.1) is 12.3 Å². The minimum Gasteiger partial charge on any atom is -0.493 e. The lowest BCUT2D eigenvalue weighted by Gasteiger charge is -2.23. The third-order valence-electron chi connectivity index (χ3n) is 3.78. The van der Waals surface area contributed by atoms with E-state index in [1.807, 2.05) is 20.8 Å². The van der Waals surface area contributed by atoms with Gasteiger partial charge >= 0.3 is 6.18 Å². The van der Waals surface area contributed by atoms with Gasteiger partial charge in [-0.2, -0.15) is 13.2 Å². The first-order valence-corrected chi connectivity index (χ1v) is 8.38. The standard InChI is InChI=1S/C19H24F3N3O/c1-12(10-18(3,4)23)11-26-16-6-5-14(9-13(16)2)15-7-8-24-17(25-15)19(20,21)22/h5-9,12H,10-11,23H2,1-4H3/t12-/m0/s1. The van der Waals surface area contributed by atoms with E-state index in [-0.39, 0.29) is 17.2 Å². The SMILES string of the molecule is Cc1cc(-c2ccnc(C(F)(F)F)n2)ccc1OC[C@@H](C)CC(C)(C)N. The first-order valence-electron chi connectivity index (χ1n) is 8.38. The predicted octanol–water partition coefficient (Wildman–Crippen LogP) is 4.61. The van der Waals surface area contributed by atoms with Crippen LogP contribution >= 0.6 is 0 Å². The number of halogens is 3. The summed E-state index contributed by atoms with van der Waals surface area (Å²) >= 11 is 0. The minimum absolute atomic E-state index is 0.222. The highest BCUT2D eigenvalue weighted by molar-refractivity contribution is 5.61. The Morgan fingerprint density at radius 2 is 1.88 bits per heavy atom. The van der Waals surface area contributed by atoms with Crippen LogP contribution in [-0.2, 0) is 6.18 Å². The zero-order chi connectivity index (χ0) is 19.5. The summed E-state index contributed by atoms with van der Waals surface area (Å²) in [5.74, 6) is -0.169. The number of ether oxygens (including phenoxy) is 1. The van der Waals surface area contributed by atoms with Crippen molar-refractivity contribution in [3.8, 4) is 17.0 Å². The van der Waals surface area contributed by atoms with Gasteiger partial charge in [0.15, 0.2) is 0 Å². The molecule has 0 amide bonds. The lowest BCUT2D eigenvalue weighted by Crippen LogP contribution is -2.35. The highest BCUT2D eigenvalue weighted by Crippen LogP contribution is 2.29. The van der Waals surface area contributed by atoms with Crippen LogP contribution in [0.25, 0.3) is 11.3 Å². The Morgan fingerprint density at radius 3 is 2.46 bits per heavy atom. The Bertz CT molecular complexity index is 754. The smallest absolute Gasteiger partial charge is 0.451 e. The van der Waals surface area contributed by atoms with Crippen molar-refractivity contribution < 1.29 is 17.9 Å². The van der Waals surface area contributed by atoms with Gasteiger partial charge in [0.25, 0.3) is 0 Å². The molecule has 0 aliphatic rings. The topological polar surface area (TPSA) is 61.0 Å². The maximum Gasteiger partial charge on any atom is 0.451 e.